The molecule has 3 amide bonds. The number of hydrogen-bond donors (Lipinski definition) is 3. The van der Waals surface area contributed by atoms with Crippen LogP contribution >= 0.6 is 0 Å². The molecule has 2 rings (SSSR count). The van der Waals surface area contributed by atoms with E-state index < -0.39 is 11.7 Å². The third kappa shape index (κ3) is 7.19. The van der Waals surface area contributed by atoms with Crippen LogP contribution in [0.4, 0.5) is 4.39 Å². The number of amides is 3. The first-order valence-corrected chi connectivity index (χ1v) is 9.07. The van der Waals surface area contributed by atoms with Crippen LogP contribution in [-0.2, 0) is 16.0 Å². The molecule has 2 aromatic carbocycles. The van der Waals surface area contributed by atoms with Gasteiger partial charge in [-0.3, -0.25) is 14.4 Å². The van der Waals surface area contributed by atoms with Gasteiger partial charge in [0, 0.05) is 31.6 Å². The predicted molar refractivity (Wildman–Crippen MR) is 104 cm³/mol. The number of rotatable bonds is 9. The molecule has 28 heavy (non-hydrogen) atoms. The van der Waals surface area contributed by atoms with Crippen LogP contribution < -0.4 is 16.0 Å². The summed E-state index contributed by atoms with van der Waals surface area (Å²) in [4.78, 5) is 35.5. The van der Waals surface area contributed by atoms with Crippen LogP contribution in [0.2, 0.25) is 0 Å². The molecular formula is C21H24FN3O3. The third-order valence-electron chi connectivity index (χ3n) is 4.05. The van der Waals surface area contributed by atoms with Crippen molar-refractivity contribution in [1.82, 2.24) is 16.0 Å². The molecule has 0 heterocycles. The topological polar surface area (TPSA) is 87.3 Å². The summed E-state index contributed by atoms with van der Waals surface area (Å²) in [5.74, 6) is -1.20. The molecular weight excluding hydrogens is 361 g/mol. The van der Waals surface area contributed by atoms with Crippen molar-refractivity contribution in [3.63, 3.8) is 0 Å². The average molecular weight is 385 g/mol. The molecule has 0 atom stereocenters. The summed E-state index contributed by atoms with van der Waals surface area (Å²) in [6.45, 7) is 2.33. The van der Waals surface area contributed by atoms with Crippen LogP contribution in [-0.4, -0.2) is 37.4 Å². The molecule has 0 aliphatic rings. The van der Waals surface area contributed by atoms with E-state index >= 15 is 0 Å². The number of carbonyl (C=O) groups is 3. The molecule has 148 valence electrons. The minimum atomic E-state index is -0.435. The Kier molecular flexibility index (Phi) is 8.14. The maximum Gasteiger partial charge on any atom is 0.251 e. The molecule has 0 aromatic heterocycles. The van der Waals surface area contributed by atoms with Crippen molar-refractivity contribution in [2.45, 2.75) is 19.8 Å². The van der Waals surface area contributed by atoms with E-state index in [2.05, 4.69) is 16.0 Å². The second kappa shape index (κ2) is 10.8. The Labute approximate surface area is 163 Å². The Hall–Kier alpha value is -3.22. The molecule has 0 spiro atoms. The van der Waals surface area contributed by atoms with Crippen molar-refractivity contribution in [3.8, 4) is 0 Å². The lowest BCUT2D eigenvalue weighted by Gasteiger charge is -2.08. The highest BCUT2D eigenvalue weighted by atomic mass is 19.1. The number of halogens is 1. The largest absolute Gasteiger partial charge is 0.355 e. The van der Waals surface area contributed by atoms with Crippen molar-refractivity contribution in [2.75, 3.05) is 19.6 Å². The lowest BCUT2D eigenvalue weighted by atomic mass is 10.1. The maximum absolute atomic E-state index is 13.5. The first-order chi connectivity index (χ1) is 13.5. The van der Waals surface area contributed by atoms with Crippen LogP contribution in [0.3, 0.4) is 0 Å². The lowest BCUT2D eigenvalue weighted by Crippen LogP contribution is -2.36. The quantitative estimate of drug-likeness (QED) is 0.575. The third-order valence-corrected chi connectivity index (χ3v) is 4.05. The Morgan fingerprint density at radius 1 is 0.857 bits per heavy atom. The molecule has 3 N–H and O–H groups in total. The van der Waals surface area contributed by atoms with Crippen molar-refractivity contribution < 1.29 is 18.8 Å². The summed E-state index contributed by atoms with van der Waals surface area (Å²) in [5.41, 5.74) is 1.61. The molecule has 0 radical (unpaired) electrons. The summed E-state index contributed by atoms with van der Waals surface area (Å²) in [5, 5.41) is 7.96. The fourth-order valence-corrected chi connectivity index (χ4v) is 2.46. The van der Waals surface area contributed by atoms with Crippen LogP contribution in [0.25, 0.3) is 0 Å². The molecule has 0 aliphatic carbocycles. The van der Waals surface area contributed by atoms with E-state index in [-0.39, 0.29) is 49.9 Å². The fraction of sp³-hybridized carbons (Fsp3) is 0.286. The summed E-state index contributed by atoms with van der Waals surface area (Å²) in [7, 11) is 0. The second-order valence-corrected chi connectivity index (χ2v) is 6.33. The Morgan fingerprint density at radius 2 is 1.54 bits per heavy atom. The van der Waals surface area contributed by atoms with Gasteiger partial charge in [0.25, 0.3) is 5.91 Å². The van der Waals surface area contributed by atoms with Gasteiger partial charge in [-0.05, 0) is 30.2 Å². The number of nitrogens with one attached hydrogen (secondary N) is 3. The minimum Gasteiger partial charge on any atom is -0.355 e. The minimum absolute atomic E-state index is 0.142. The Bertz CT molecular complexity index is 825. The highest BCUT2D eigenvalue weighted by molar-refractivity contribution is 5.94. The molecule has 2 aromatic rings. The van der Waals surface area contributed by atoms with E-state index in [1.165, 1.54) is 12.1 Å². The van der Waals surface area contributed by atoms with Crippen LogP contribution in [0.5, 0.6) is 0 Å². The van der Waals surface area contributed by atoms with Gasteiger partial charge in [0.2, 0.25) is 11.8 Å². The van der Waals surface area contributed by atoms with Crippen LogP contribution in [0.1, 0.15) is 27.9 Å². The lowest BCUT2D eigenvalue weighted by molar-refractivity contribution is -0.122. The fourth-order valence-electron chi connectivity index (χ4n) is 2.46. The molecule has 0 unspecified atom stereocenters. The first kappa shape index (κ1) is 21.1. The van der Waals surface area contributed by atoms with Gasteiger partial charge in [0.15, 0.2) is 0 Å². The highest BCUT2D eigenvalue weighted by Gasteiger charge is 2.08. The van der Waals surface area contributed by atoms with Gasteiger partial charge in [-0.25, -0.2) is 4.39 Å². The molecule has 7 heteroatoms. The van der Waals surface area contributed by atoms with Gasteiger partial charge in [-0.15, -0.1) is 0 Å². The van der Waals surface area contributed by atoms with E-state index in [1.807, 2.05) is 30.3 Å². The SMILES string of the molecule is Cc1ccc(C(=O)NCCNC(=O)CCNC(=O)Cc2ccccc2)cc1F. The van der Waals surface area contributed by atoms with E-state index in [0.717, 1.165) is 5.56 Å². The van der Waals surface area contributed by atoms with Gasteiger partial charge in [0.05, 0.1) is 6.42 Å². The zero-order valence-corrected chi connectivity index (χ0v) is 15.8. The molecule has 0 saturated carbocycles. The summed E-state index contributed by atoms with van der Waals surface area (Å²) in [6, 6.07) is 13.6. The van der Waals surface area contributed by atoms with Crippen molar-refractivity contribution in [2.24, 2.45) is 0 Å². The molecule has 0 bridgehead atoms. The van der Waals surface area contributed by atoms with Crippen molar-refractivity contribution >= 4 is 17.7 Å². The Balaban J connectivity index is 1.57. The maximum atomic E-state index is 13.5. The van der Waals surface area contributed by atoms with E-state index in [4.69, 9.17) is 0 Å². The van der Waals surface area contributed by atoms with Gasteiger partial charge in [-0.1, -0.05) is 36.4 Å². The van der Waals surface area contributed by atoms with Gasteiger partial charge >= 0.3 is 0 Å². The Morgan fingerprint density at radius 3 is 2.25 bits per heavy atom. The van der Waals surface area contributed by atoms with Crippen LogP contribution in [0, 0.1) is 12.7 Å². The summed E-state index contributed by atoms with van der Waals surface area (Å²) in [6.07, 6.45) is 0.422. The molecule has 6 nitrogen and oxygen atoms in total. The van der Waals surface area contributed by atoms with Crippen LogP contribution in [0.15, 0.2) is 48.5 Å². The van der Waals surface area contributed by atoms with Gasteiger partial charge in [0.1, 0.15) is 5.82 Å². The van der Waals surface area contributed by atoms with E-state index in [0.29, 0.717) is 5.56 Å². The standard InChI is InChI=1S/C21H24FN3O3/c1-15-7-8-17(14-18(15)22)21(28)25-12-11-24-19(26)9-10-23-20(27)13-16-5-3-2-4-6-16/h2-8,14H,9-13H2,1H3,(H,23,27)(H,24,26)(H,25,28). The van der Waals surface area contributed by atoms with Gasteiger partial charge in [-0.2, -0.15) is 0 Å². The first-order valence-electron chi connectivity index (χ1n) is 9.07. The smallest absolute Gasteiger partial charge is 0.251 e. The van der Waals surface area contributed by atoms with Gasteiger partial charge < -0.3 is 16.0 Å². The second-order valence-electron chi connectivity index (χ2n) is 6.33. The molecule has 0 fully saturated rings. The zero-order chi connectivity index (χ0) is 20.4. The zero-order valence-electron chi connectivity index (χ0n) is 15.8. The number of carbonyl (C=O) groups excluding carboxylic acids is 3. The normalized spacial score (nSPS) is 10.2. The monoisotopic (exact) mass is 385 g/mol. The molecule has 0 aliphatic heterocycles. The number of aryl methyl sites for hydroxylation is 1. The number of hydrogen-bond acceptors (Lipinski definition) is 3. The highest BCUT2D eigenvalue weighted by Crippen LogP contribution is 2.08. The van der Waals surface area contributed by atoms with E-state index in [1.54, 1.807) is 13.0 Å². The molecule has 0 saturated heterocycles. The number of benzene rings is 2. The van der Waals surface area contributed by atoms with Crippen molar-refractivity contribution in [3.05, 3.63) is 71.0 Å². The predicted octanol–water partition coefficient (Wildman–Crippen LogP) is 1.73. The average Bonchev–Trinajstić information content (AvgIpc) is 2.68. The summed E-state index contributed by atoms with van der Waals surface area (Å²) >= 11 is 0. The van der Waals surface area contributed by atoms with Crippen molar-refractivity contribution in [1.29, 1.82) is 0 Å². The van der Waals surface area contributed by atoms with E-state index in [9.17, 15) is 18.8 Å². The summed E-state index contributed by atoms with van der Waals surface area (Å²) < 4.78 is 13.5.